The Hall–Kier alpha value is -0.680. The van der Waals surface area contributed by atoms with E-state index in [-0.39, 0.29) is 6.10 Å². The van der Waals surface area contributed by atoms with Gasteiger partial charge < -0.3 is 10.1 Å². The molecule has 4 nitrogen and oxygen atoms in total. The van der Waals surface area contributed by atoms with Crippen LogP contribution in [0.1, 0.15) is 32.7 Å². The summed E-state index contributed by atoms with van der Waals surface area (Å²) in [6, 6.07) is 0.388. The van der Waals surface area contributed by atoms with Gasteiger partial charge in [0.25, 0.3) is 0 Å². The Morgan fingerprint density at radius 3 is 2.62 bits per heavy atom. The second kappa shape index (κ2) is 4.53. The molecule has 0 radical (unpaired) electrons. The van der Waals surface area contributed by atoms with Crippen molar-refractivity contribution in [1.29, 1.82) is 0 Å². The van der Waals surface area contributed by atoms with Crippen molar-refractivity contribution in [1.82, 2.24) is 9.36 Å². The van der Waals surface area contributed by atoms with Crippen molar-refractivity contribution < 1.29 is 4.74 Å². The predicted octanol–water partition coefficient (Wildman–Crippen LogP) is 2.07. The molecule has 0 fully saturated rings. The molecule has 0 aliphatic carbocycles. The van der Waals surface area contributed by atoms with E-state index in [1.807, 2.05) is 6.92 Å². The van der Waals surface area contributed by atoms with E-state index in [0.29, 0.717) is 6.04 Å². The van der Waals surface area contributed by atoms with Crippen molar-refractivity contribution >= 4 is 16.7 Å². The second-order valence-corrected chi connectivity index (χ2v) is 3.89. The number of methoxy groups -OCH3 is 1. The average molecular weight is 201 g/mol. The van der Waals surface area contributed by atoms with Crippen molar-refractivity contribution in [2.75, 3.05) is 12.4 Å². The molecule has 1 N–H and O–H groups in total. The Bertz CT molecular complexity index is 262. The first kappa shape index (κ1) is 10.4. The minimum absolute atomic E-state index is 0.0287. The smallest absolute Gasteiger partial charge is 0.202 e. The topological polar surface area (TPSA) is 47.0 Å². The van der Waals surface area contributed by atoms with E-state index in [1.54, 1.807) is 7.11 Å². The molecule has 5 heteroatoms. The van der Waals surface area contributed by atoms with Crippen LogP contribution in [0, 0.1) is 0 Å². The van der Waals surface area contributed by atoms with E-state index >= 15 is 0 Å². The van der Waals surface area contributed by atoms with E-state index in [9.17, 15) is 0 Å². The summed E-state index contributed by atoms with van der Waals surface area (Å²) in [5, 5.41) is 4.05. The van der Waals surface area contributed by atoms with Gasteiger partial charge in [-0.25, -0.2) is 4.98 Å². The number of nitrogens with one attached hydrogen (secondary N) is 1. The Balaban J connectivity index is 2.63. The number of rotatable bonds is 4. The lowest BCUT2D eigenvalue weighted by molar-refractivity contribution is 0.113. The average Bonchev–Trinajstić information content (AvgIpc) is 2.50. The fourth-order valence-electron chi connectivity index (χ4n) is 0.811. The molecule has 1 heterocycles. The van der Waals surface area contributed by atoms with Crippen LogP contribution in [0.25, 0.3) is 0 Å². The third-order valence-corrected chi connectivity index (χ3v) is 2.23. The first-order chi connectivity index (χ1) is 6.13. The van der Waals surface area contributed by atoms with Crippen LogP contribution in [0.3, 0.4) is 0 Å². The summed E-state index contributed by atoms with van der Waals surface area (Å²) in [5.41, 5.74) is 0. The van der Waals surface area contributed by atoms with Crippen molar-refractivity contribution in [2.45, 2.75) is 32.9 Å². The zero-order valence-electron chi connectivity index (χ0n) is 8.37. The molecule has 1 aromatic rings. The molecule has 0 aliphatic rings. The largest absolute Gasteiger partial charge is 0.374 e. The quantitative estimate of drug-likeness (QED) is 0.810. The summed E-state index contributed by atoms with van der Waals surface area (Å²) < 4.78 is 9.29. The highest BCUT2D eigenvalue weighted by Crippen LogP contribution is 2.18. The van der Waals surface area contributed by atoms with Gasteiger partial charge in [-0.15, -0.1) is 0 Å². The third-order valence-electron chi connectivity index (χ3n) is 1.57. The molecule has 1 aromatic heterocycles. The zero-order valence-corrected chi connectivity index (χ0v) is 9.18. The second-order valence-electron chi connectivity index (χ2n) is 3.13. The molecule has 0 amide bonds. The van der Waals surface area contributed by atoms with Crippen molar-refractivity contribution in [3.8, 4) is 0 Å². The van der Waals surface area contributed by atoms with E-state index < -0.39 is 0 Å². The van der Waals surface area contributed by atoms with E-state index in [0.717, 1.165) is 11.0 Å². The molecule has 0 saturated heterocycles. The fraction of sp³-hybridized carbons (Fsp3) is 0.750. The van der Waals surface area contributed by atoms with Gasteiger partial charge in [0.1, 0.15) is 6.10 Å². The van der Waals surface area contributed by atoms with Gasteiger partial charge in [0.2, 0.25) is 5.13 Å². The van der Waals surface area contributed by atoms with Gasteiger partial charge in [0.05, 0.1) is 0 Å². The predicted molar refractivity (Wildman–Crippen MR) is 54.1 cm³/mol. The van der Waals surface area contributed by atoms with Gasteiger partial charge in [-0.05, 0) is 20.8 Å². The fourth-order valence-corrected chi connectivity index (χ4v) is 1.60. The molecule has 1 atom stereocenters. The Kier molecular flexibility index (Phi) is 3.62. The molecule has 0 saturated carbocycles. The van der Waals surface area contributed by atoms with Crippen LogP contribution in [-0.4, -0.2) is 22.5 Å². The first-order valence-corrected chi connectivity index (χ1v) is 5.03. The van der Waals surface area contributed by atoms with Crippen LogP contribution >= 0.6 is 11.5 Å². The van der Waals surface area contributed by atoms with Crippen molar-refractivity contribution in [2.24, 2.45) is 0 Å². The summed E-state index contributed by atoms with van der Waals surface area (Å²) in [7, 11) is 1.65. The summed E-state index contributed by atoms with van der Waals surface area (Å²) in [6.45, 7) is 6.07. The Morgan fingerprint density at radius 1 is 1.38 bits per heavy atom. The van der Waals surface area contributed by atoms with E-state index in [4.69, 9.17) is 4.74 Å². The lowest BCUT2D eigenvalue weighted by atomic mass is 10.4. The SMILES string of the molecule is COC(C)c1nsc(NC(C)C)n1. The van der Waals surface area contributed by atoms with E-state index in [1.165, 1.54) is 11.5 Å². The number of anilines is 1. The normalized spacial score (nSPS) is 13.3. The molecular formula is C8H15N3OS. The monoisotopic (exact) mass is 201 g/mol. The van der Waals surface area contributed by atoms with Crippen LogP contribution in [0.5, 0.6) is 0 Å². The minimum Gasteiger partial charge on any atom is -0.374 e. The number of aromatic nitrogens is 2. The maximum absolute atomic E-state index is 5.11. The lowest BCUT2D eigenvalue weighted by Crippen LogP contribution is -2.09. The van der Waals surface area contributed by atoms with Gasteiger partial charge in [0.15, 0.2) is 5.82 Å². The van der Waals surface area contributed by atoms with Gasteiger partial charge in [-0.1, -0.05) is 0 Å². The summed E-state index contributed by atoms with van der Waals surface area (Å²) in [6.07, 6.45) is -0.0287. The Labute approximate surface area is 82.5 Å². The molecule has 74 valence electrons. The van der Waals surface area contributed by atoms with Gasteiger partial charge >= 0.3 is 0 Å². The highest BCUT2D eigenvalue weighted by atomic mass is 32.1. The van der Waals surface area contributed by atoms with Crippen LogP contribution in [0.15, 0.2) is 0 Å². The summed E-state index contributed by atoms with van der Waals surface area (Å²) in [4.78, 5) is 4.29. The Morgan fingerprint density at radius 2 is 2.08 bits per heavy atom. The molecule has 0 aliphatic heterocycles. The molecule has 0 aromatic carbocycles. The number of nitrogens with zero attached hydrogens (tertiary/aromatic N) is 2. The van der Waals surface area contributed by atoms with Gasteiger partial charge in [0, 0.05) is 24.7 Å². The number of hydrogen-bond donors (Lipinski definition) is 1. The zero-order chi connectivity index (χ0) is 9.84. The van der Waals surface area contributed by atoms with Crippen LogP contribution in [-0.2, 0) is 4.74 Å². The first-order valence-electron chi connectivity index (χ1n) is 4.26. The third kappa shape index (κ3) is 2.93. The standard InChI is InChI=1S/C8H15N3OS/c1-5(2)9-8-10-7(11-13-8)6(3)12-4/h5-6H,1-4H3,(H,9,10,11). The molecule has 13 heavy (non-hydrogen) atoms. The minimum atomic E-state index is -0.0287. The molecule has 0 bridgehead atoms. The lowest BCUT2D eigenvalue weighted by Gasteiger charge is -2.05. The highest BCUT2D eigenvalue weighted by molar-refractivity contribution is 7.09. The van der Waals surface area contributed by atoms with Crippen LogP contribution in [0.4, 0.5) is 5.13 Å². The molecular weight excluding hydrogens is 186 g/mol. The van der Waals surface area contributed by atoms with Crippen molar-refractivity contribution in [3.63, 3.8) is 0 Å². The van der Waals surface area contributed by atoms with Gasteiger partial charge in [-0.2, -0.15) is 4.37 Å². The van der Waals surface area contributed by atoms with Gasteiger partial charge in [-0.3, -0.25) is 0 Å². The highest BCUT2D eigenvalue weighted by Gasteiger charge is 2.10. The van der Waals surface area contributed by atoms with Crippen LogP contribution in [0.2, 0.25) is 0 Å². The van der Waals surface area contributed by atoms with Crippen LogP contribution < -0.4 is 5.32 Å². The number of ether oxygens (including phenoxy) is 1. The summed E-state index contributed by atoms with van der Waals surface area (Å²) >= 11 is 1.37. The van der Waals surface area contributed by atoms with E-state index in [2.05, 4.69) is 28.5 Å². The molecule has 1 rings (SSSR count). The molecule has 0 spiro atoms. The van der Waals surface area contributed by atoms with Crippen molar-refractivity contribution in [3.05, 3.63) is 5.82 Å². The maximum Gasteiger partial charge on any atom is 0.202 e. The molecule has 1 unspecified atom stereocenters. The number of hydrogen-bond acceptors (Lipinski definition) is 5. The maximum atomic E-state index is 5.11. The summed E-state index contributed by atoms with van der Waals surface area (Å²) in [5.74, 6) is 0.746.